The average Bonchev–Trinajstić information content (AvgIpc) is 3.25. The van der Waals surface area contributed by atoms with E-state index in [2.05, 4.69) is 15.6 Å². The van der Waals surface area contributed by atoms with Crippen LogP contribution in [0.5, 0.6) is 5.75 Å². The maximum atomic E-state index is 12.6. The normalized spacial score (nSPS) is 21.2. The maximum Gasteiger partial charge on any atom is 0.318 e. The number of aromatic nitrogens is 1. The van der Waals surface area contributed by atoms with Crippen LogP contribution in [0.4, 0.5) is 4.79 Å². The summed E-state index contributed by atoms with van der Waals surface area (Å²) in [6.45, 7) is 2.50. The molecule has 2 aliphatic rings. The third-order valence-corrected chi connectivity index (χ3v) is 4.58. The van der Waals surface area contributed by atoms with Crippen molar-refractivity contribution in [1.82, 2.24) is 20.5 Å². The second-order valence-electron chi connectivity index (χ2n) is 6.42. The van der Waals surface area contributed by atoms with E-state index in [9.17, 15) is 9.59 Å². The van der Waals surface area contributed by atoms with E-state index in [-0.39, 0.29) is 24.0 Å². The molecular weight excluding hydrogens is 308 g/mol. The highest BCUT2D eigenvalue weighted by molar-refractivity contribution is 5.88. The summed E-state index contributed by atoms with van der Waals surface area (Å²) in [4.78, 5) is 30.6. The lowest BCUT2D eigenvalue weighted by Gasteiger charge is -2.26. The number of likely N-dealkylation sites (tertiary alicyclic amines) is 1. The highest BCUT2D eigenvalue weighted by atomic mass is 16.5. The van der Waals surface area contributed by atoms with Crippen LogP contribution in [0.2, 0.25) is 0 Å². The van der Waals surface area contributed by atoms with Gasteiger partial charge in [-0.25, -0.2) is 4.79 Å². The van der Waals surface area contributed by atoms with Crippen molar-refractivity contribution in [1.29, 1.82) is 0 Å². The zero-order valence-electron chi connectivity index (χ0n) is 14.1. The summed E-state index contributed by atoms with van der Waals surface area (Å²) in [7, 11) is 1.58. The molecule has 2 atom stereocenters. The summed E-state index contributed by atoms with van der Waals surface area (Å²) in [6, 6.07) is 1.32. The Morgan fingerprint density at radius 3 is 2.88 bits per heavy atom. The molecule has 0 spiro atoms. The van der Waals surface area contributed by atoms with Crippen molar-refractivity contribution < 1.29 is 14.3 Å². The van der Waals surface area contributed by atoms with Gasteiger partial charge in [-0.3, -0.25) is 9.78 Å². The monoisotopic (exact) mass is 332 g/mol. The van der Waals surface area contributed by atoms with Crippen molar-refractivity contribution in [2.24, 2.45) is 0 Å². The number of amides is 3. The quantitative estimate of drug-likeness (QED) is 0.858. The summed E-state index contributed by atoms with van der Waals surface area (Å²) in [5, 5.41) is 5.96. The number of hydrogen-bond acceptors (Lipinski definition) is 4. The van der Waals surface area contributed by atoms with Crippen molar-refractivity contribution >= 4 is 11.9 Å². The van der Waals surface area contributed by atoms with Gasteiger partial charge in [0.1, 0.15) is 11.8 Å². The van der Waals surface area contributed by atoms with E-state index in [0.29, 0.717) is 18.3 Å². The van der Waals surface area contributed by atoms with Crippen LogP contribution in [0.25, 0.3) is 0 Å². The Morgan fingerprint density at radius 2 is 2.17 bits per heavy atom. The van der Waals surface area contributed by atoms with Crippen molar-refractivity contribution in [2.75, 3.05) is 13.7 Å². The molecule has 1 aromatic rings. The molecule has 1 aromatic heterocycles. The van der Waals surface area contributed by atoms with Crippen LogP contribution in [0.3, 0.4) is 0 Å². The SMILES string of the molecule is COc1cnccc1[C@@H](C)NC(=O)N1CCC[C@@H]1C(=O)NC1CC1. The van der Waals surface area contributed by atoms with Crippen LogP contribution in [0, 0.1) is 0 Å². The molecule has 1 saturated carbocycles. The van der Waals surface area contributed by atoms with Gasteiger partial charge < -0.3 is 20.3 Å². The molecule has 7 heteroatoms. The molecule has 0 radical (unpaired) electrons. The molecule has 0 aromatic carbocycles. The van der Waals surface area contributed by atoms with Gasteiger partial charge in [0.05, 0.1) is 19.3 Å². The number of rotatable bonds is 5. The standard InChI is InChI=1S/C17H24N4O3/c1-11(13-7-8-18-10-15(13)24-2)19-17(23)21-9-3-4-14(21)16(22)20-12-5-6-12/h7-8,10-12,14H,3-6,9H2,1-2H3,(H,19,23)(H,20,22)/t11-,14-/m1/s1. The van der Waals surface area contributed by atoms with E-state index < -0.39 is 0 Å². The molecule has 3 rings (SSSR count). The van der Waals surface area contributed by atoms with Gasteiger partial charge in [-0.1, -0.05) is 0 Å². The molecule has 3 amide bonds. The van der Waals surface area contributed by atoms with E-state index >= 15 is 0 Å². The number of carbonyl (C=O) groups excluding carboxylic acids is 2. The number of pyridine rings is 1. The first-order valence-electron chi connectivity index (χ1n) is 8.45. The summed E-state index contributed by atoms with van der Waals surface area (Å²) in [5.41, 5.74) is 0.860. The minimum absolute atomic E-state index is 0.0284. The van der Waals surface area contributed by atoms with Gasteiger partial charge in [-0.05, 0) is 38.7 Å². The third kappa shape index (κ3) is 3.60. The molecule has 1 saturated heterocycles. The molecule has 7 nitrogen and oxygen atoms in total. The molecule has 1 aliphatic heterocycles. The zero-order chi connectivity index (χ0) is 17.1. The van der Waals surface area contributed by atoms with Gasteiger partial charge in [-0.15, -0.1) is 0 Å². The lowest BCUT2D eigenvalue weighted by molar-refractivity contribution is -0.124. The largest absolute Gasteiger partial charge is 0.495 e. The van der Waals surface area contributed by atoms with E-state index in [4.69, 9.17) is 4.74 Å². The zero-order valence-corrected chi connectivity index (χ0v) is 14.1. The van der Waals surface area contributed by atoms with Crippen molar-refractivity contribution in [3.05, 3.63) is 24.0 Å². The average molecular weight is 332 g/mol. The van der Waals surface area contributed by atoms with Crippen LogP contribution in [0.1, 0.15) is 44.2 Å². The van der Waals surface area contributed by atoms with Crippen LogP contribution in [0.15, 0.2) is 18.5 Å². The van der Waals surface area contributed by atoms with E-state index in [0.717, 1.165) is 31.2 Å². The Balaban J connectivity index is 1.63. The Hall–Kier alpha value is -2.31. The number of nitrogens with one attached hydrogen (secondary N) is 2. The number of hydrogen-bond donors (Lipinski definition) is 2. The molecular formula is C17H24N4O3. The van der Waals surface area contributed by atoms with Gasteiger partial charge >= 0.3 is 6.03 Å². The first kappa shape index (κ1) is 16.5. The molecule has 130 valence electrons. The second kappa shape index (κ2) is 7.07. The van der Waals surface area contributed by atoms with Gasteiger partial charge in [0.2, 0.25) is 5.91 Å². The highest BCUT2D eigenvalue weighted by Crippen LogP contribution is 2.25. The van der Waals surface area contributed by atoms with Crippen LogP contribution >= 0.6 is 0 Å². The fourth-order valence-corrected chi connectivity index (χ4v) is 3.07. The molecule has 0 unspecified atom stereocenters. The lowest BCUT2D eigenvalue weighted by atomic mass is 10.1. The number of methoxy groups -OCH3 is 1. The fourth-order valence-electron chi connectivity index (χ4n) is 3.07. The Bertz CT molecular complexity index is 618. The minimum atomic E-state index is -0.364. The Morgan fingerprint density at radius 1 is 1.38 bits per heavy atom. The van der Waals surface area contributed by atoms with E-state index in [1.807, 2.05) is 13.0 Å². The molecule has 0 bridgehead atoms. The van der Waals surface area contributed by atoms with Gasteiger partial charge in [0.15, 0.2) is 0 Å². The molecule has 2 N–H and O–H groups in total. The van der Waals surface area contributed by atoms with E-state index in [1.165, 1.54) is 0 Å². The van der Waals surface area contributed by atoms with Crippen LogP contribution in [-0.2, 0) is 4.79 Å². The second-order valence-corrected chi connectivity index (χ2v) is 6.42. The lowest BCUT2D eigenvalue weighted by Crippen LogP contribution is -2.50. The number of urea groups is 1. The van der Waals surface area contributed by atoms with Gasteiger partial charge in [-0.2, -0.15) is 0 Å². The number of ether oxygens (including phenoxy) is 1. The summed E-state index contributed by atoms with van der Waals surface area (Å²) >= 11 is 0. The smallest absolute Gasteiger partial charge is 0.318 e. The van der Waals surface area contributed by atoms with Gasteiger partial charge in [0, 0.05) is 24.3 Å². The maximum absolute atomic E-state index is 12.6. The minimum Gasteiger partial charge on any atom is -0.495 e. The number of nitrogens with zero attached hydrogens (tertiary/aromatic N) is 2. The molecule has 24 heavy (non-hydrogen) atoms. The van der Waals surface area contributed by atoms with Crippen LogP contribution < -0.4 is 15.4 Å². The molecule has 2 fully saturated rings. The van der Waals surface area contributed by atoms with Crippen LogP contribution in [-0.4, -0.2) is 47.6 Å². The fraction of sp³-hybridized carbons (Fsp3) is 0.588. The predicted molar refractivity (Wildman–Crippen MR) is 88.6 cm³/mol. The van der Waals surface area contributed by atoms with Crippen molar-refractivity contribution in [3.8, 4) is 5.75 Å². The first-order valence-corrected chi connectivity index (χ1v) is 8.45. The van der Waals surface area contributed by atoms with Crippen molar-refractivity contribution in [2.45, 2.75) is 50.7 Å². The predicted octanol–water partition coefficient (Wildman–Crippen LogP) is 1.60. The number of carbonyl (C=O) groups is 2. The first-order chi connectivity index (χ1) is 11.6. The summed E-state index contributed by atoms with van der Waals surface area (Å²) in [5.74, 6) is 0.606. The Labute approximate surface area is 141 Å². The molecule has 1 aliphatic carbocycles. The third-order valence-electron chi connectivity index (χ3n) is 4.58. The van der Waals surface area contributed by atoms with Crippen molar-refractivity contribution in [3.63, 3.8) is 0 Å². The summed E-state index contributed by atoms with van der Waals surface area (Å²) < 4.78 is 5.29. The topological polar surface area (TPSA) is 83.6 Å². The highest BCUT2D eigenvalue weighted by Gasteiger charge is 2.36. The van der Waals surface area contributed by atoms with Gasteiger partial charge in [0.25, 0.3) is 0 Å². The summed E-state index contributed by atoms with van der Waals surface area (Å²) in [6.07, 6.45) is 6.96. The van der Waals surface area contributed by atoms with E-state index in [1.54, 1.807) is 24.4 Å². The molecule has 2 heterocycles. The Kier molecular flexibility index (Phi) is 4.87.